The molecule has 6 nitrogen and oxygen atoms in total. The number of carbonyl (C=O) groups excluding carboxylic acids is 1. The summed E-state index contributed by atoms with van der Waals surface area (Å²) in [7, 11) is 3.72. The predicted molar refractivity (Wildman–Crippen MR) is 97.2 cm³/mol. The molecule has 6 heteroatoms. The van der Waals surface area contributed by atoms with Gasteiger partial charge in [-0.2, -0.15) is 0 Å². The third-order valence-electron chi connectivity index (χ3n) is 3.67. The van der Waals surface area contributed by atoms with Crippen LogP contribution in [-0.4, -0.2) is 35.0 Å². The monoisotopic (exact) mass is 333 g/mol. The Morgan fingerprint density at radius 2 is 1.80 bits per heavy atom. The van der Waals surface area contributed by atoms with E-state index in [4.69, 9.17) is 0 Å². The third kappa shape index (κ3) is 3.98. The highest BCUT2D eigenvalue weighted by Crippen LogP contribution is 2.21. The maximum absolute atomic E-state index is 12.6. The Kier molecular flexibility index (Phi) is 4.99. The van der Waals surface area contributed by atoms with Crippen molar-refractivity contribution in [3.05, 3.63) is 72.2 Å². The Balaban J connectivity index is 1.84. The minimum atomic E-state index is -0.208. The second kappa shape index (κ2) is 7.53. The van der Waals surface area contributed by atoms with Crippen LogP contribution in [-0.2, 0) is 6.54 Å². The molecule has 2 heterocycles. The summed E-state index contributed by atoms with van der Waals surface area (Å²) in [5, 5.41) is 2.90. The Hall–Kier alpha value is -3.28. The van der Waals surface area contributed by atoms with Gasteiger partial charge in [0.25, 0.3) is 5.91 Å². The molecule has 3 rings (SSSR count). The van der Waals surface area contributed by atoms with Crippen LogP contribution < -0.4 is 10.2 Å². The lowest BCUT2D eigenvalue weighted by atomic mass is 10.2. The Morgan fingerprint density at radius 1 is 1.08 bits per heavy atom. The van der Waals surface area contributed by atoms with Gasteiger partial charge in [-0.1, -0.05) is 30.3 Å². The van der Waals surface area contributed by atoms with Gasteiger partial charge in [-0.05, 0) is 17.7 Å². The zero-order valence-electron chi connectivity index (χ0n) is 14.2. The fourth-order valence-corrected chi connectivity index (χ4v) is 2.38. The summed E-state index contributed by atoms with van der Waals surface area (Å²) < 4.78 is 0. The summed E-state index contributed by atoms with van der Waals surface area (Å²) in [5.41, 5.74) is 2.34. The number of hydrogen-bond acceptors (Lipinski definition) is 5. The van der Waals surface area contributed by atoms with Gasteiger partial charge in [0.1, 0.15) is 11.4 Å². The minimum Gasteiger partial charge on any atom is -0.362 e. The fraction of sp³-hybridized carbons (Fsp3) is 0.158. The van der Waals surface area contributed by atoms with Crippen molar-refractivity contribution < 1.29 is 4.79 Å². The number of rotatable bonds is 5. The zero-order chi connectivity index (χ0) is 17.6. The van der Waals surface area contributed by atoms with Gasteiger partial charge in [-0.3, -0.25) is 9.78 Å². The molecule has 0 bridgehead atoms. The Morgan fingerprint density at radius 3 is 2.48 bits per heavy atom. The van der Waals surface area contributed by atoms with Crippen LogP contribution in [0.15, 0.2) is 61.1 Å². The number of nitrogens with one attached hydrogen (secondary N) is 1. The van der Waals surface area contributed by atoms with Gasteiger partial charge in [0.05, 0.1) is 0 Å². The molecule has 0 saturated heterocycles. The Labute approximate surface area is 146 Å². The quantitative estimate of drug-likeness (QED) is 0.777. The van der Waals surface area contributed by atoms with E-state index in [1.807, 2.05) is 61.5 Å². The summed E-state index contributed by atoms with van der Waals surface area (Å²) >= 11 is 0. The van der Waals surface area contributed by atoms with Gasteiger partial charge in [0.15, 0.2) is 5.82 Å². The highest BCUT2D eigenvalue weighted by molar-refractivity contribution is 5.98. The average molecular weight is 333 g/mol. The molecule has 126 valence electrons. The van der Waals surface area contributed by atoms with E-state index in [0.29, 0.717) is 23.8 Å². The molecule has 0 saturated carbocycles. The third-order valence-corrected chi connectivity index (χ3v) is 3.67. The number of anilines is 1. The van der Waals surface area contributed by atoms with E-state index in [-0.39, 0.29) is 5.91 Å². The number of hydrogen-bond donors (Lipinski definition) is 1. The van der Waals surface area contributed by atoms with Crippen molar-refractivity contribution in [1.29, 1.82) is 0 Å². The smallest absolute Gasteiger partial charge is 0.256 e. The zero-order valence-corrected chi connectivity index (χ0v) is 14.2. The molecule has 0 fully saturated rings. The first-order chi connectivity index (χ1) is 12.1. The van der Waals surface area contributed by atoms with E-state index in [1.54, 1.807) is 18.6 Å². The molecule has 0 aliphatic carbocycles. The van der Waals surface area contributed by atoms with Gasteiger partial charge in [-0.25, -0.2) is 9.97 Å². The van der Waals surface area contributed by atoms with Crippen LogP contribution in [0.3, 0.4) is 0 Å². The molecule has 0 aliphatic heterocycles. The molecule has 0 radical (unpaired) electrons. The molecule has 2 aromatic heterocycles. The number of amides is 1. The van der Waals surface area contributed by atoms with Crippen LogP contribution in [0.1, 0.15) is 15.9 Å². The maximum Gasteiger partial charge on any atom is 0.256 e. The molecule has 0 atom stereocenters. The van der Waals surface area contributed by atoms with Crippen LogP contribution in [0, 0.1) is 0 Å². The molecule has 1 aromatic carbocycles. The van der Waals surface area contributed by atoms with E-state index in [9.17, 15) is 4.79 Å². The van der Waals surface area contributed by atoms with Crippen molar-refractivity contribution in [1.82, 2.24) is 20.3 Å². The van der Waals surface area contributed by atoms with Crippen molar-refractivity contribution in [3.63, 3.8) is 0 Å². The van der Waals surface area contributed by atoms with Crippen LogP contribution in [0.4, 0.5) is 5.82 Å². The number of benzene rings is 1. The van der Waals surface area contributed by atoms with E-state index in [2.05, 4.69) is 20.3 Å². The normalized spacial score (nSPS) is 10.3. The summed E-state index contributed by atoms with van der Waals surface area (Å²) in [4.78, 5) is 27.3. The van der Waals surface area contributed by atoms with Crippen molar-refractivity contribution in [2.24, 2.45) is 0 Å². The molecular weight excluding hydrogens is 314 g/mol. The molecule has 25 heavy (non-hydrogen) atoms. The molecule has 0 spiro atoms. The summed E-state index contributed by atoms with van der Waals surface area (Å²) in [6, 6.07) is 13.4. The average Bonchev–Trinajstić information content (AvgIpc) is 2.67. The van der Waals surface area contributed by atoms with E-state index >= 15 is 0 Å². The van der Waals surface area contributed by atoms with Crippen molar-refractivity contribution in [2.75, 3.05) is 19.0 Å². The predicted octanol–water partition coefficient (Wildman–Crippen LogP) is 2.53. The lowest BCUT2D eigenvalue weighted by Gasteiger charge is -2.16. The number of nitrogens with zero attached hydrogens (tertiary/aromatic N) is 4. The van der Waals surface area contributed by atoms with E-state index in [1.165, 1.54) is 0 Å². The first kappa shape index (κ1) is 16.6. The van der Waals surface area contributed by atoms with Crippen LogP contribution in [0.2, 0.25) is 0 Å². The van der Waals surface area contributed by atoms with E-state index in [0.717, 1.165) is 11.1 Å². The van der Waals surface area contributed by atoms with Crippen LogP contribution in [0.5, 0.6) is 0 Å². The molecule has 0 unspecified atom stereocenters. The number of carbonyl (C=O) groups is 1. The van der Waals surface area contributed by atoms with Crippen LogP contribution >= 0.6 is 0 Å². The first-order valence-corrected chi connectivity index (χ1v) is 7.92. The number of aromatic nitrogens is 3. The van der Waals surface area contributed by atoms with Crippen molar-refractivity contribution >= 4 is 11.7 Å². The SMILES string of the molecule is CN(C)c1nc(-c2ccccc2)ncc1C(=O)NCc1ccncc1. The van der Waals surface area contributed by atoms with Gasteiger partial charge < -0.3 is 10.2 Å². The highest BCUT2D eigenvalue weighted by Gasteiger charge is 2.16. The second-order valence-corrected chi connectivity index (χ2v) is 5.73. The Bertz CT molecular complexity index is 850. The maximum atomic E-state index is 12.6. The summed E-state index contributed by atoms with van der Waals surface area (Å²) in [5.74, 6) is 0.969. The molecule has 1 N–H and O–H groups in total. The van der Waals surface area contributed by atoms with Gasteiger partial charge in [-0.15, -0.1) is 0 Å². The topological polar surface area (TPSA) is 71.0 Å². The van der Waals surface area contributed by atoms with Gasteiger partial charge >= 0.3 is 0 Å². The van der Waals surface area contributed by atoms with Gasteiger partial charge in [0.2, 0.25) is 0 Å². The minimum absolute atomic E-state index is 0.208. The summed E-state index contributed by atoms with van der Waals surface area (Å²) in [6.45, 7) is 0.425. The summed E-state index contributed by atoms with van der Waals surface area (Å²) in [6.07, 6.45) is 4.97. The molecule has 3 aromatic rings. The van der Waals surface area contributed by atoms with Crippen molar-refractivity contribution in [2.45, 2.75) is 6.54 Å². The molecule has 1 amide bonds. The highest BCUT2D eigenvalue weighted by atomic mass is 16.1. The van der Waals surface area contributed by atoms with E-state index < -0.39 is 0 Å². The lowest BCUT2D eigenvalue weighted by molar-refractivity contribution is 0.0951. The van der Waals surface area contributed by atoms with Gasteiger partial charge in [0, 0.05) is 44.8 Å². The second-order valence-electron chi connectivity index (χ2n) is 5.73. The first-order valence-electron chi connectivity index (χ1n) is 7.92. The molecule has 0 aliphatic rings. The number of pyridine rings is 1. The standard InChI is InChI=1S/C19H19N5O/c1-24(2)18-16(19(25)22-12-14-8-10-20-11-9-14)13-21-17(23-18)15-6-4-3-5-7-15/h3-11,13H,12H2,1-2H3,(H,22,25). The lowest BCUT2D eigenvalue weighted by Crippen LogP contribution is -2.26. The largest absolute Gasteiger partial charge is 0.362 e. The fourth-order valence-electron chi connectivity index (χ4n) is 2.38. The van der Waals surface area contributed by atoms with Crippen molar-refractivity contribution in [3.8, 4) is 11.4 Å². The molecular formula is C19H19N5O. The van der Waals surface area contributed by atoms with Crippen LogP contribution in [0.25, 0.3) is 11.4 Å².